The first kappa shape index (κ1) is 10.6. The first-order valence-electron chi connectivity index (χ1n) is 6.43. The van der Waals surface area contributed by atoms with Crippen LogP contribution in [0.4, 0.5) is 0 Å². The zero-order valence-electron chi connectivity index (χ0n) is 10.3. The maximum absolute atomic E-state index is 4.69. The Labute approximate surface area is 102 Å². The highest BCUT2D eigenvalue weighted by Crippen LogP contribution is 2.40. The molecule has 0 spiro atoms. The number of fused-ring (bicyclic) bond motifs is 1. The molecule has 0 amide bonds. The molecule has 2 nitrogen and oxygen atoms in total. The second kappa shape index (κ2) is 4.02. The summed E-state index contributed by atoms with van der Waals surface area (Å²) in [6.45, 7) is 5.98. The van der Waals surface area contributed by atoms with Gasteiger partial charge in [-0.05, 0) is 36.3 Å². The van der Waals surface area contributed by atoms with Crippen LogP contribution in [0.2, 0.25) is 0 Å². The normalized spacial score (nSPS) is 15.4. The van der Waals surface area contributed by atoms with Gasteiger partial charge >= 0.3 is 0 Å². The van der Waals surface area contributed by atoms with Gasteiger partial charge in [0.1, 0.15) is 5.65 Å². The third kappa shape index (κ3) is 1.88. The Morgan fingerprint density at radius 1 is 1.47 bits per heavy atom. The van der Waals surface area contributed by atoms with Crippen LogP contribution in [-0.2, 0) is 12.8 Å². The van der Waals surface area contributed by atoms with E-state index in [0.29, 0.717) is 0 Å². The number of hydrogen-bond acceptors (Lipinski definition) is 1. The molecule has 0 aliphatic heterocycles. The predicted molar refractivity (Wildman–Crippen MR) is 70.4 cm³/mol. The van der Waals surface area contributed by atoms with Crippen LogP contribution in [0.15, 0.2) is 31.1 Å². The zero-order chi connectivity index (χ0) is 11.8. The van der Waals surface area contributed by atoms with Crippen molar-refractivity contribution in [3.8, 4) is 0 Å². The molecule has 0 aromatic carbocycles. The third-order valence-corrected chi connectivity index (χ3v) is 3.48. The number of pyridine rings is 1. The lowest BCUT2D eigenvalue weighted by atomic mass is 10.1. The van der Waals surface area contributed by atoms with Gasteiger partial charge in [0.25, 0.3) is 0 Å². The highest BCUT2D eigenvalue weighted by atomic mass is 15.0. The molecule has 88 valence electrons. The van der Waals surface area contributed by atoms with E-state index in [0.717, 1.165) is 30.1 Å². The Morgan fingerprint density at radius 2 is 2.29 bits per heavy atom. The molecule has 2 heterocycles. The standard InChI is InChI=1S/C15H18N2/c1-3-5-14-10-17-9-13(12-6-7-12)8-11(4-2)15(17)16-14/h3,8-10,12H,1,4-7H2,2H3. The van der Waals surface area contributed by atoms with E-state index in [2.05, 4.69) is 41.3 Å². The van der Waals surface area contributed by atoms with Crippen molar-refractivity contribution in [2.75, 3.05) is 0 Å². The van der Waals surface area contributed by atoms with Gasteiger partial charge in [0.05, 0.1) is 5.69 Å². The molecule has 0 saturated heterocycles. The molecule has 1 aliphatic rings. The van der Waals surface area contributed by atoms with Crippen molar-refractivity contribution in [3.05, 3.63) is 47.9 Å². The number of nitrogens with zero attached hydrogens (tertiary/aromatic N) is 2. The Bertz CT molecular complexity index is 562. The Balaban J connectivity index is 2.14. The molecule has 17 heavy (non-hydrogen) atoms. The summed E-state index contributed by atoms with van der Waals surface area (Å²) in [4.78, 5) is 4.69. The fourth-order valence-electron chi connectivity index (χ4n) is 2.39. The summed E-state index contributed by atoms with van der Waals surface area (Å²) in [5.74, 6) is 0.801. The van der Waals surface area contributed by atoms with Gasteiger partial charge in [-0.1, -0.05) is 19.1 Å². The van der Waals surface area contributed by atoms with E-state index in [9.17, 15) is 0 Å². The van der Waals surface area contributed by atoms with Crippen molar-refractivity contribution in [3.63, 3.8) is 0 Å². The van der Waals surface area contributed by atoms with Crippen molar-refractivity contribution >= 4 is 5.65 Å². The van der Waals surface area contributed by atoms with Crippen molar-refractivity contribution < 1.29 is 0 Å². The van der Waals surface area contributed by atoms with Gasteiger partial charge in [-0.2, -0.15) is 0 Å². The smallest absolute Gasteiger partial charge is 0.140 e. The summed E-state index contributed by atoms with van der Waals surface area (Å²) in [6.07, 6.45) is 10.9. The molecule has 0 N–H and O–H groups in total. The molecule has 0 radical (unpaired) electrons. The number of aromatic nitrogens is 2. The van der Waals surface area contributed by atoms with E-state index >= 15 is 0 Å². The lowest BCUT2D eigenvalue weighted by molar-refractivity contribution is 1.02. The highest BCUT2D eigenvalue weighted by Gasteiger charge is 2.24. The van der Waals surface area contributed by atoms with E-state index < -0.39 is 0 Å². The fourth-order valence-corrected chi connectivity index (χ4v) is 2.39. The molecule has 2 heteroatoms. The predicted octanol–water partition coefficient (Wildman–Crippen LogP) is 3.50. The number of rotatable bonds is 4. The van der Waals surface area contributed by atoms with Crippen LogP contribution in [0.1, 0.15) is 42.5 Å². The van der Waals surface area contributed by atoms with Gasteiger partial charge < -0.3 is 4.40 Å². The molecular weight excluding hydrogens is 208 g/mol. The average molecular weight is 226 g/mol. The van der Waals surface area contributed by atoms with Crippen molar-refractivity contribution in [2.45, 2.75) is 38.5 Å². The fraction of sp³-hybridized carbons (Fsp3) is 0.400. The largest absolute Gasteiger partial charge is 0.306 e. The van der Waals surface area contributed by atoms with Crippen molar-refractivity contribution in [1.82, 2.24) is 9.38 Å². The zero-order valence-corrected chi connectivity index (χ0v) is 10.3. The molecule has 0 unspecified atom stereocenters. The molecule has 2 aromatic rings. The average Bonchev–Trinajstić information content (AvgIpc) is 3.09. The molecule has 1 saturated carbocycles. The van der Waals surface area contributed by atoms with E-state index in [-0.39, 0.29) is 0 Å². The van der Waals surface area contributed by atoms with Crippen LogP contribution < -0.4 is 0 Å². The monoisotopic (exact) mass is 226 g/mol. The Hall–Kier alpha value is -1.57. The number of aryl methyl sites for hydroxylation is 1. The van der Waals surface area contributed by atoms with Crippen LogP contribution in [0.3, 0.4) is 0 Å². The third-order valence-electron chi connectivity index (χ3n) is 3.48. The second-order valence-corrected chi connectivity index (χ2v) is 4.88. The molecule has 1 fully saturated rings. The van der Waals surface area contributed by atoms with Crippen molar-refractivity contribution in [1.29, 1.82) is 0 Å². The minimum absolute atomic E-state index is 0.801. The molecular formula is C15H18N2. The summed E-state index contributed by atoms with van der Waals surface area (Å²) in [7, 11) is 0. The highest BCUT2D eigenvalue weighted by molar-refractivity contribution is 5.51. The van der Waals surface area contributed by atoms with E-state index in [4.69, 9.17) is 0 Å². The quantitative estimate of drug-likeness (QED) is 0.729. The minimum atomic E-state index is 0.801. The number of imidazole rings is 1. The van der Waals surface area contributed by atoms with Crippen LogP contribution >= 0.6 is 0 Å². The van der Waals surface area contributed by atoms with Gasteiger partial charge in [-0.25, -0.2) is 4.98 Å². The summed E-state index contributed by atoms with van der Waals surface area (Å²) in [5, 5.41) is 0. The second-order valence-electron chi connectivity index (χ2n) is 4.88. The first-order valence-corrected chi connectivity index (χ1v) is 6.43. The van der Waals surface area contributed by atoms with Crippen LogP contribution in [-0.4, -0.2) is 9.38 Å². The van der Waals surface area contributed by atoms with Crippen LogP contribution in [0, 0.1) is 0 Å². The summed E-state index contributed by atoms with van der Waals surface area (Å²) in [6, 6.07) is 2.34. The maximum Gasteiger partial charge on any atom is 0.140 e. The lowest BCUT2D eigenvalue weighted by Crippen LogP contribution is -1.94. The minimum Gasteiger partial charge on any atom is -0.306 e. The number of allylic oxidation sites excluding steroid dienone is 1. The molecule has 3 rings (SSSR count). The Morgan fingerprint density at radius 3 is 2.94 bits per heavy atom. The van der Waals surface area contributed by atoms with E-state index in [1.165, 1.54) is 24.0 Å². The van der Waals surface area contributed by atoms with Gasteiger partial charge in [0.15, 0.2) is 0 Å². The van der Waals surface area contributed by atoms with Crippen LogP contribution in [0.5, 0.6) is 0 Å². The summed E-state index contributed by atoms with van der Waals surface area (Å²) in [5.41, 5.74) is 5.08. The van der Waals surface area contributed by atoms with Crippen molar-refractivity contribution in [2.24, 2.45) is 0 Å². The maximum atomic E-state index is 4.69. The lowest BCUT2D eigenvalue weighted by Gasteiger charge is -2.05. The summed E-state index contributed by atoms with van der Waals surface area (Å²) < 4.78 is 2.20. The topological polar surface area (TPSA) is 17.3 Å². The summed E-state index contributed by atoms with van der Waals surface area (Å²) >= 11 is 0. The number of hydrogen-bond donors (Lipinski definition) is 0. The van der Waals surface area contributed by atoms with Gasteiger partial charge in [0.2, 0.25) is 0 Å². The van der Waals surface area contributed by atoms with Gasteiger partial charge in [0, 0.05) is 18.8 Å². The molecule has 0 bridgehead atoms. The first-order chi connectivity index (χ1) is 8.31. The molecule has 0 atom stereocenters. The van der Waals surface area contributed by atoms with E-state index in [1.54, 1.807) is 0 Å². The van der Waals surface area contributed by atoms with Crippen LogP contribution in [0.25, 0.3) is 5.65 Å². The van der Waals surface area contributed by atoms with Gasteiger partial charge in [-0.15, -0.1) is 6.58 Å². The molecule has 2 aromatic heterocycles. The Kier molecular flexibility index (Phi) is 2.50. The molecule has 1 aliphatic carbocycles. The SMILES string of the molecule is C=CCc1cn2cc(C3CC3)cc(CC)c2n1. The van der Waals surface area contributed by atoms with E-state index in [1.807, 2.05) is 6.08 Å². The van der Waals surface area contributed by atoms with Gasteiger partial charge in [-0.3, -0.25) is 0 Å².